The van der Waals surface area contributed by atoms with Crippen LogP contribution in [0.4, 0.5) is 0 Å². The molecule has 0 aliphatic carbocycles. The first-order chi connectivity index (χ1) is 25.3. The molecular weight excluding hydrogens is 627 g/mol. The number of rotatable bonds is 5. The Kier molecular flexibility index (Phi) is 6.70. The molecule has 10 rings (SSSR count). The Balaban J connectivity index is 1.16. The summed E-state index contributed by atoms with van der Waals surface area (Å²) < 4.78 is 6.68. The maximum absolute atomic E-state index is 6.68. The van der Waals surface area contributed by atoms with E-state index in [2.05, 4.69) is 72.8 Å². The maximum Gasteiger partial charge on any atom is 0.164 e. The molecule has 0 atom stereocenters. The van der Waals surface area contributed by atoms with Crippen LogP contribution < -0.4 is 0 Å². The molecule has 4 aromatic heterocycles. The maximum atomic E-state index is 6.68. The molecule has 0 amide bonds. The van der Waals surface area contributed by atoms with Gasteiger partial charge in [0.15, 0.2) is 17.5 Å². The largest absolute Gasteiger partial charge is 0.455 e. The molecule has 0 unspecified atom stereocenters. The van der Waals surface area contributed by atoms with Crippen molar-refractivity contribution in [2.24, 2.45) is 0 Å². The van der Waals surface area contributed by atoms with E-state index >= 15 is 0 Å². The van der Waals surface area contributed by atoms with Crippen molar-refractivity contribution in [1.29, 1.82) is 0 Å². The van der Waals surface area contributed by atoms with Crippen LogP contribution in [0.2, 0.25) is 0 Å². The van der Waals surface area contributed by atoms with E-state index in [9.17, 15) is 0 Å². The number of pyridine rings is 2. The van der Waals surface area contributed by atoms with Crippen LogP contribution in [0.15, 0.2) is 168 Å². The fourth-order valence-corrected chi connectivity index (χ4v) is 6.85. The lowest BCUT2D eigenvalue weighted by Gasteiger charge is -2.09. The number of para-hydroxylation sites is 1. The van der Waals surface area contributed by atoms with E-state index in [1.54, 1.807) is 0 Å². The Morgan fingerprint density at radius 3 is 1.51 bits per heavy atom. The molecular formula is C45H27N5O. The van der Waals surface area contributed by atoms with Gasteiger partial charge in [-0.1, -0.05) is 140 Å². The molecule has 6 heteroatoms. The number of nitrogens with zero attached hydrogens (tertiary/aromatic N) is 5. The topological polar surface area (TPSA) is 77.6 Å². The van der Waals surface area contributed by atoms with Crippen molar-refractivity contribution in [2.45, 2.75) is 0 Å². The van der Waals surface area contributed by atoms with Gasteiger partial charge < -0.3 is 4.42 Å². The average Bonchev–Trinajstić information content (AvgIpc) is 3.60. The summed E-state index contributed by atoms with van der Waals surface area (Å²) in [5, 5.41) is 3.98. The van der Waals surface area contributed by atoms with Crippen LogP contribution in [-0.4, -0.2) is 24.9 Å². The molecule has 0 radical (unpaired) electrons. The Morgan fingerprint density at radius 1 is 0.353 bits per heavy atom. The average molecular weight is 654 g/mol. The van der Waals surface area contributed by atoms with Crippen LogP contribution in [0.5, 0.6) is 0 Å². The van der Waals surface area contributed by atoms with Gasteiger partial charge in [0.1, 0.15) is 11.2 Å². The molecule has 0 N–H and O–H groups in total. The number of hydrogen-bond donors (Lipinski definition) is 0. The summed E-state index contributed by atoms with van der Waals surface area (Å²) in [6.07, 6.45) is 0. The summed E-state index contributed by atoms with van der Waals surface area (Å²) in [6.45, 7) is 0. The minimum Gasteiger partial charge on any atom is -0.455 e. The minimum absolute atomic E-state index is 0.581. The fourth-order valence-electron chi connectivity index (χ4n) is 6.85. The predicted molar refractivity (Wildman–Crippen MR) is 205 cm³/mol. The molecule has 51 heavy (non-hydrogen) atoms. The van der Waals surface area contributed by atoms with Gasteiger partial charge >= 0.3 is 0 Å². The zero-order valence-electron chi connectivity index (χ0n) is 27.2. The summed E-state index contributed by atoms with van der Waals surface area (Å²) in [5.41, 5.74) is 9.63. The lowest BCUT2D eigenvalue weighted by atomic mass is 10.0. The van der Waals surface area contributed by atoms with E-state index in [-0.39, 0.29) is 0 Å². The Labute approximate surface area is 292 Å². The zero-order valence-corrected chi connectivity index (χ0v) is 27.2. The quantitative estimate of drug-likeness (QED) is 0.172. The Morgan fingerprint density at radius 2 is 0.863 bits per heavy atom. The van der Waals surface area contributed by atoms with E-state index in [0.717, 1.165) is 82.9 Å². The first-order valence-electron chi connectivity index (χ1n) is 16.8. The molecule has 10 aromatic rings. The van der Waals surface area contributed by atoms with Crippen LogP contribution in [0.25, 0.3) is 100 Å². The van der Waals surface area contributed by atoms with Gasteiger partial charge in [0.2, 0.25) is 0 Å². The molecule has 4 heterocycles. The highest BCUT2D eigenvalue weighted by atomic mass is 16.3. The van der Waals surface area contributed by atoms with Gasteiger partial charge in [-0.25, -0.2) is 24.9 Å². The summed E-state index contributed by atoms with van der Waals surface area (Å²) in [7, 11) is 0. The zero-order chi connectivity index (χ0) is 33.7. The van der Waals surface area contributed by atoms with E-state index < -0.39 is 0 Å². The van der Waals surface area contributed by atoms with Gasteiger partial charge in [0.25, 0.3) is 0 Å². The first-order valence-corrected chi connectivity index (χ1v) is 16.8. The van der Waals surface area contributed by atoms with E-state index in [4.69, 9.17) is 29.3 Å². The number of hydrogen-bond acceptors (Lipinski definition) is 6. The van der Waals surface area contributed by atoms with Gasteiger partial charge in [-0.3, -0.25) is 0 Å². The van der Waals surface area contributed by atoms with Crippen molar-refractivity contribution in [3.8, 4) is 56.7 Å². The van der Waals surface area contributed by atoms with Gasteiger partial charge in [0.05, 0.1) is 22.4 Å². The molecule has 0 saturated heterocycles. The standard InChI is InChI=1S/C45H27N5O/c1-4-12-28(13-5-1)36-26-24-29-22-23-30-25-27-37(47-41(30)40(29)46-36)33-18-10-19-34-39-35(20-11-21-38(39)51-42(33)34)45-49-43(31-14-6-2-7-15-31)48-44(50-45)32-16-8-3-9-17-32/h1-27H. The van der Waals surface area contributed by atoms with Crippen molar-refractivity contribution in [2.75, 3.05) is 0 Å². The molecule has 6 nitrogen and oxygen atoms in total. The van der Waals surface area contributed by atoms with E-state index in [1.807, 2.05) is 91.0 Å². The van der Waals surface area contributed by atoms with E-state index in [1.165, 1.54) is 0 Å². The third-order valence-electron chi connectivity index (χ3n) is 9.33. The molecule has 0 bridgehead atoms. The van der Waals surface area contributed by atoms with Crippen LogP contribution in [0.3, 0.4) is 0 Å². The van der Waals surface area contributed by atoms with Gasteiger partial charge in [-0.05, 0) is 24.3 Å². The summed E-state index contributed by atoms with van der Waals surface area (Å²) in [6, 6.07) is 55.1. The second-order valence-corrected chi connectivity index (χ2v) is 12.5. The SMILES string of the molecule is c1ccc(-c2ccc3ccc4ccc(-c5cccc6c5oc5cccc(-c7nc(-c8ccccc8)nc(-c8ccccc8)n7)c56)nc4c3n2)cc1. The minimum atomic E-state index is 0.581. The lowest BCUT2D eigenvalue weighted by Crippen LogP contribution is -2.00. The summed E-state index contributed by atoms with van der Waals surface area (Å²) in [4.78, 5) is 25.3. The number of fused-ring (bicyclic) bond motifs is 6. The third kappa shape index (κ3) is 5.01. The van der Waals surface area contributed by atoms with Crippen LogP contribution in [-0.2, 0) is 0 Å². The fraction of sp³-hybridized carbons (Fsp3) is 0. The molecule has 0 aliphatic rings. The molecule has 0 saturated carbocycles. The van der Waals surface area contributed by atoms with Crippen molar-refractivity contribution < 1.29 is 4.42 Å². The second kappa shape index (κ2) is 11.8. The molecule has 0 aliphatic heterocycles. The van der Waals surface area contributed by atoms with Gasteiger partial charge in [-0.15, -0.1) is 0 Å². The monoisotopic (exact) mass is 653 g/mol. The molecule has 0 spiro atoms. The summed E-state index contributed by atoms with van der Waals surface area (Å²) in [5.74, 6) is 1.81. The highest BCUT2D eigenvalue weighted by Crippen LogP contribution is 2.40. The Hall–Kier alpha value is -7.05. The Bertz CT molecular complexity index is 2850. The van der Waals surface area contributed by atoms with E-state index in [0.29, 0.717) is 17.5 Å². The van der Waals surface area contributed by atoms with Crippen molar-refractivity contribution in [3.05, 3.63) is 164 Å². The lowest BCUT2D eigenvalue weighted by molar-refractivity contribution is 0.670. The number of aromatic nitrogens is 5. The van der Waals surface area contributed by atoms with Gasteiger partial charge in [0, 0.05) is 49.4 Å². The van der Waals surface area contributed by atoms with Crippen LogP contribution in [0.1, 0.15) is 0 Å². The molecule has 6 aromatic carbocycles. The smallest absolute Gasteiger partial charge is 0.164 e. The molecule has 238 valence electrons. The van der Waals surface area contributed by atoms with Gasteiger partial charge in [-0.2, -0.15) is 0 Å². The highest BCUT2D eigenvalue weighted by Gasteiger charge is 2.20. The third-order valence-corrected chi connectivity index (χ3v) is 9.33. The highest BCUT2D eigenvalue weighted by molar-refractivity contribution is 6.15. The summed E-state index contributed by atoms with van der Waals surface area (Å²) >= 11 is 0. The normalized spacial score (nSPS) is 11.5. The van der Waals surface area contributed by atoms with Crippen LogP contribution in [0, 0.1) is 0 Å². The van der Waals surface area contributed by atoms with Crippen molar-refractivity contribution in [3.63, 3.8) is 0 Å². The van der Waals surface area contributed by atoms with Crippen LogP contribution >= 0.6 is 0 Å². The number of furan rings is 1. The van der Waals surface area contributed by atoms with Crippen molar-refractivity contribution >= 4 is 43.7 Å². The molecule has 0 fully saturated rings. The predicted octanol–water partition coefficient (Wildman–Crippen LogP) is 11.2. The van der Waals surface area contributed by atoms with Crippen molar-refractivity contribution in [1.82, 2.24) is 24.9 Å². The first kappa shape index (κ1) is 28.9. The second-order valence-electron chi connectivity index (χ2n) is 12.5. The number of benzene rings is 6.